The minimum atomic E-state index is -0.405. The van der Waals surface area contributed by atoms with E-state index in [1.807, 2.05) is 97.9 Å². The van der Waals surface area contributed by atoms with Gasteiger partial charge in [-0.1, -0.05) is 84.0 Å². The van der Waals surface area contributed by atoms with E-state index in [4.69, 9.17) is 4.52 Å². The third-order valence-electron chi connectivity index (χ3n) is 5.32. The van der Waals surface area contributed by atoms with Gasteiger partial charge < -0.3 is 9.84 Å². The zero-order valence-electron chi connectivity index (χ0n) is 16.9. The average molecular weight is 408 g/mol. The molecule has 0 saturated heterocycles. The molecule has 1 atom stereocenters. The molecule has 0 spiro atoms. The van der Waals surface area contributed by atoms with Gasteiger partial charge in [-0.25, -0.2) is 4.79 Å². The van der Waals surface area contributed by atoms with Crippen LogP contribution in [0.15, 0.2) is 101 Å². The molecule has 31 heavy (non-hydrogen) atoms. The molecule has 2 heterocycles. The molecular formula is C25H20N4O2. The topological polar surface area (TPSA) is 71.3 Å². The lowest BCUT2D eigenvalue weighted by atomic mass is 9.94. The van der Waals surface area contributed by atoms with E-state index in [2.05, 4.69) is 15.5 Å². The molecule has 0 aliphatic carbocycles. The number of carbonyl (C=O) groups excluding carboxylic acids is 1. The fourth-order valence-electron chi connectivity index (χ4n) is 3.84. The molecule has 4 aromatic rings. The lowest BCUT2D eigenvalue weighted by Gasteiger charge is -2.35. The average Bonchev–Trinajstić information content (AvgIpc) is 3.30. The first-order valence-electron chi connectivity index (χ1n) is 10.0. The smallest absolute Gasteiger partial charge is 0.326 e. The number of carbonyl (C=O) groups is 1. The number of allylic oxidation sites excluding steroid dienone is 1. The summed E-state index contributed by atoms with van der Waals surface area (Å²) in [5.74, 6) is 0.886. The molecule has 5 rings (SSSR count). The Kier molecular flexibility index (Phi) is 4.80. The second kappa shape index (κ2) is 7.91. The number of amides is 2. The van der Waals surface area contributed by atoms with Crippen molar-refractivity contribution in [3.63, 3.8) is 0 Å². The molecule has 1 aromatic heterocycles. The minimum absolute atomic E-state index is 0.205. The van der Waals surface area contributed by atoms with Gasteiger partial charge in [-0.3, -0.25) is 4.90 Å². The van der Waals surface area contributed by atoms with Crippen LogP contribution in [0.25, 0.3) is 17.0 Å². The van der Waals surface area contributed by atoms with E-state index in [1.165, 1.54) is 0 Å². The highest BCUT2D eigenvalue weighted by atomic mass is 16.5. The summed E-state index contributed by atoms with van der Waals surface area (Å²) in [4.78, 5) is 19.4. The Morgan fingerprint density at radius 2 is 1.48 bits per heavy atom. The number of hydrogen-bond donors (Lipinski definition) is 1. The Morgan fingerprint density at radius 1 is 0.871 bits per heavy atom. The number of hydrogen-bond acceptors (Lipinski definition) is 4. The summed E-state index contributed by atoms with van der Waals surface area (Å²) >= 11 is 0. The number of nitrogens with zero attached hydrogens (tertiary/aromatic N) is 3. The lowest BCUT2D eigenvalue weighted by Crippen LogP contribution is -2.46. The Bertz CT molecular complexity index is 1230. The number of urea groups is 1. The summed E-state index contributed by atoms with van der Waals surface area (Å²) in [6.45, 7) is 1.91. The monoisotopic (exact) mass is 408 g/mol. The zero-order valence-corrected chi connectivity index (χ0v) is 16.9. The molecule has 6 heteroatoms. The van der Waals surface area contributed by atoms with Crippen molar-refractivity contribution < 1.29 is 9.32 Å². The number of para-hydroxylation sites is 1. The van der Waals surface area contributed by atoms with Crippen molar-refractivity contribution in [2.24, 2.45) is 0 Å². The molecule has 2 amide bonds. The molecule has 152 valence electrons. The largest absolute Gasteiger partial charge is 0.334 e. The van der Waals surface area contributed by atoms with Gasteiger partial charge in [0, 0.05) is 11.3 Å². The van der Waals surface area contributed by atoms with Crippen LogP contribution in [0.1, 0.15) is 24.4 Å². The van der Waals surface area contributed by atoms with E-state index < -0.39 is 6.04 Å². The zero-order chi connectivity index (χ0) is 21.2. The highest BCUT2D eigenvalue weighted by Crippen LogP contribution is 2.38. The van der Waals surface area contributed by atoms with Crippen LogP contribution in [0.4, 0.5) is 10.5 Å². The Morgan fingerprint density at radius 3 is 2.16 bits per heavy atom. The first-order valence-corrected chi connectivity index (χ1v) is 10.0. The molecule has 1 aliphatic heterocycles. The number of aromatic nitrogens is 2. The van der Waals surface area contributed by atoms with E-state index in [-0.39, 0.29) is 6.03 Å². The maximum absolute atomic E-state index is 13.1. The minimum Gasteiger partial charge on any atom is -0.334 e. The number of benzene rings is 3. The molecule has 0 fully saturated rings. The van der Waals surface area contributed by atoms with Gasteiger partial charge in [-0.2, -0.15) is 4.98 Å². The van der Waals surface area contributed by atoms with E-state index >= 15 is 0 Å². The first kappa shape index (κ1) is 18.8. The van der Waals surface area contributed by atoms with Crippen molar-refractivity contribution in [3.8, 4) is 11.4 Å². The van der Waals surface area contributed by atoms with Gasteiger partial charge >= 0.3 is 6.03 Å². The molecule has 1 unspecified atom stereocenters. The van der Waals surface area contributed by atoms with Crippen molar-refractivity contribution >= 4 is 17.3 Å². The Hall–Kier alpha value is -4.19. The van der Waals surface area contributed by atoms with Crippen LogP contribution >= 0.6 is 0 Å². The summed E-state index contributed by atoms with van der Waals surface area (Å²) in [5.41, 5.74) is 4.09. The van der Waals surface area contributed by atoms with Gasteiger partial charge in [0.05, 0.1) is 17.3 Å². The predicted octanol–water partition coefficient (Wildman–Crippen LogP) is 5.44. The number of rotatable bonds is 4. The van der Waals surface area contributed by atoms with Gasteiger partial charge in [0.15, 0.2) is 0 Å². The van der Waals surface area contributed by atoms with Gasteiger partial charge in [-0.05, 0) is 24.6 Å². The maximum Gasteiger partial charge on any atom is 0.326 e. The van der Waals surface area contributed by atoms with Crippen LogP contribution in [0.3, 0.4) is 0 Å². The van der Waals surface area contributed by atoms with Gasteiger partial charge in [-0.15, -0.1) is 0 Å². The van der Waals surface area contributed by atoms with Gasteiger partial charge in [0.25, 0.3) is 5.89 Å². The fraction of sp³-hybridized carbons (Fsp3) is 0.0800. The molecule has 0 saturated carbocycles. The molecule has 6 nitrogen and oxygen atoms in total. The first-order chi connectivity index (χ1) is 15.2. The van der Waals surface area contributed by atoms with Crippen LogP contribution in [0.2, 0.25) is 0 Å². The van der Waals surface area contributed by atoms with Crippen molar-refractivity contribution in [1.29, 1.82) is 0 Å². The van der Waals surface area contributed by atoms with Gasteiger partial charge in [0.2, 0.25) is 5.82 Å². The van der Waals surface area contributed by atoms with E-state index in [0.717, 1.165) is 28.1 Å². The van der Waals surface area contributed by atoms with Crippen molar-refractivity contribution in [2.45, 2.75) is 13.0 Å². The van der Waals surface area contributed by atoms with E-state index in [1.54, 1.807) is 4.90 Å². The van der Waals surface area contributed by atoms with Crippen LogP contribution in [0.5, 0.6) is 0 Å². The molecule has 0 radical (unpaired) electrons. The second-order valence-electron chi connectivity index (χ2n) is 7.25. The van der Waals surface area contributed by atoms with Crippen molar-refractivity contribution in [2.75, 3.05) is 4.90 Å². The Labute approximate surface area is 179 Å². The summed E-state index contributed by atoms with van der Waals surface area (Å²) in [7, 11) is 0. The van der Waals surface area contributed by atoms with E-state index in [0.29, 0.717) is 11.7 Å². The lowest BCUT2D eigenvalue weighted by molar-refractivity contribution is 0.244. The number of anilines is 1. The summed E-state index contributed by atoms with van der Waals surface area (Å²) in [6.07, 6.45) is 0. The van der Waals surface area contributed by atoms with E-state index in [9.17, 15) is 4.79 Å². The standard InChI is InChI=1S/C25H20N4O2/c1-17-21(24-27-23(28-31-24)19-13-7-3-8-14-19)22(18-11-5-2-6-12-18)26-25(30)29(17)20-15-9-4-10-16-20/h2-16,22H,1H3,(H,26,30). The SMILES string of the molecule is CC1=C(c2nc(-c3ccccc3)no2)C(c2ccccc2)NC(=O)N1c1ccccc1. The maximum atomic E-state index is 13.1. The molecule has 3 aromatic carbocycles. The molecular weight excluding hydrogens is 388 g/mol. The quantitative estimate of drug-likeness (QED) is 0.488. The van der Waals surface area contributed by atoms with Crippen molar-refractivity contribution in [3.05, 3.63) is 108 Å². The van der Waals surface area contributed by atoms with Crippen LogP contribution in [-0.4, -0.2) is 16.2 Å². The predicted molar refractivity (Wildman–Crippen MR) is 119 cm³/mol. The van der Waals surface area contributed by atoms with Crippen LogP contribution in [-0.2, 0) is 0 Å². The highest BCUT2D eigenvalue weighted by molar-refractivity contribution is 6.01. The highest BCUT2D eigenvalue weighted by Gasteiger charge is 2.36. The second-order valence-corrected chi connectivity index (χ2v) is 7.25. The number of nitrogens with one attached hydrogen (secondary N) is 1. The summed E-state index contributed by atoms with van der Waals surface area (Å²) < 4.78 is 5.70. The molecule has 0 bridgehead atoms. The van der Waals surface area contributed by atoms with Gasteiger partial charge in [0.1, 0.15) is 0 Å². The third kappa shape index (κ3) is 3.48. The molecule has 1 aliphatic rings. The normalized spacial score (nSPS) is 16.4. The van der Waals surface area contributed by atoms with Crippen molar-refractivity contribution in [1.82, 2.24) is 15.5 Å². The fourth-order valence-corrected chi connectivity index (χ4v) is 3.84. The summed E-state index contributed by atoms with van der Waals surface area (Å²) in [5, 5.41) is 7.30. The molecule has 1 N–H and O–H groups in total. The van der Waals surface area contributed by atoms with Crippen LogP contribution < -0.4 is 10.2 Å². The Balaban J connectivity index is 1.66. The summed E-state index contributed by atoms with van der Waals surface area (Å²) in [6, 6.07) is 28.4. The van der Waals surface area contributed by atoms with Crippen LogP contribution in [0, 0.1) is 0 Å². The third-order valence-corrected chi connectivity index (χ3v) is 5.32.